The van der Waals surface area contributed by atoms with E-state index in [2.05, 4.69) is 65.3 Å². The maximum absolute atomic E-state index is 4.53. The maximum Gasteiger partial charge on any atom is 0.225 e. The van der Waals surface area contributed by atoms with Crippen molar-refractivity contribution >= 4 is 11.9 Å². The van der Waals surface area contributed by atoms with Gasteiger partial charge in [-0.3, -0.25) is 4.99 Å². The van der Waals surface area contributed by atoms with Gasteiger partial charge in [0.15, 0.2) is 5.96 Å². The van der Waals surface area contributed by atoms with E-state index in [-0.39, 0.29) is 0 Å². The molecular formula is C23H33N7. The van der Waals surface area contributed by atoms with Crippen LogP contribution in [-0.4, -0.2) is 85.1 Å². The number of piperazine rings is 1. The van der Waals surface area contributed by atoms with Crippen LogP contribution in [-0.2, 0) is 6.42 Å². The summed E-state index contributed by atoms with van der Waals surface area (Å²) in [6, 6.07) is 12.7. The molecule has 2 aliphatic heterocycles. The first-order chi connectivity index (χ1) is 14.8. The van der Waals surface area contributed by atoms with Crippen LogP contribution >= 0.6 is 0 Å². The SMILES string of the molecule is CN=C(NCC1CCN(CCc2ccccc2)C1)N1CCN(c2ncccn2)CC1. The van der Waals surface area contributed by atoms with Crippen LogP contribution < -0.4 is 10.2 Å². The highest BCUT2D eigenvalue weighted by molar-refractivity contribution is 5.80. The smallest absolute Gasteiger partial charge is 0.225 e. The zero-order valence-electron chi connectivity index (χ0n) is 18.0. The first kappa shape index (κ1) is 20.6. The first-order valence-electron chi connectivity index (χ1n) is 11.1. The van der Waals surface area contributed by atoms with E-state index < -0.39 is 0 Å². The zero-order chi connectivity index (χ0) is 20.6. The van der Waals surface area contributed by atoms with Crippen LogP contribution in [0.4, 0.5) is 5.95 Å². The topological polar surface area (TPSA) is 59.9 Å². The molecule has 2 fully saturated rings. The summed E-state index contributed by atoms with van der Waals surface area (Å²) in [7, 11) is 1.88. The molecule has 30 heavy (non-hydrogen) atoms. The van der Waals surface area contributed by atoms with E-state index in [0.29, 0.717) is 5.92 Å². The van der Waals surface area contributed by atoms with E-state index in [0.717, 1.165) is 57.6 Å². The minimum Gasteiger partial charge on any atom is -0.356 e. The number of aliphatic imine (C=N–C) groups is 1. The number of guanidine groups is 1. The number of anilines is 1. The minimum atomic E-state index is 0.691. The average molecular weight is 408 g/mol. The number of hydrogen-bond donors (Lipinski definition) is 1. The molecule has 1 N–H and O–H groups in total. The molecule has 0 aliphatic carbocycles. The molecule has 0 saturated carbocycles. The third-order valence-electron chi connectivity index (χ3n) is 6.10. The molecule has 1 atom stereocenters. The third kappa shape index (κ3) is 5.48. The van der Waals surface area contributed by atoms with Gasteiger partial charge in [0.1, 0.15) is 0 Å². The Labute approximate surface area is 179 Å². The Hall–Kier alpha value is -2.67. The van der Waals surface area contributed by atoms with Gasteiger partial charge in [-0.1, -0.05) is 30.3 Å². The van der Waals surface area contributed by atoms with E-state index in [4.69, 9.17) is 0 Å². The summed E-state index contributed by atoms with van der Waals surface area (Å²) in [6.45, 7) is 8.24. The highest BCUT2D eigenvalue weighted by Gasteiger charge is 2.24. The Morgan fingerprint density at radius 3 is 2.53 bits per heavy atom. The molecule has 7 heteroatoms. The van der Waals surface area contributed by atoms with E-state index in [1.807, 2.05) is 13.1 Å². The molecule has 1 aromatic carbocycles. The van der Waals surface area contributed by atoms with Gasteiger partial charge < -0.3 is 20.0 Å². The number of hydrogen-bond acceptors (Lipinski definition) is 5. The van der Waals surface area contributed by atoms with Crippen molar-refractivity contribution in [2.24, 2.45) is 10.9 Å². The van der Waals surface area contributed by atoms with Crippen LogP contribution in [0.15, 0.2) is 53.8 Å². The number of aromatic nitrogens is 2. The lowest BCUT2D eigenvalue weighted by Gasteiger charge is -2.36. The molecule has 0 amide bonds. The molecule has 4 rings (SSSR count). The average Bonchev–Trinajstić information content (AvgIpc) is 3.28. The van der Waals surface area contributed by atoms with E-state index >= 15 is 0 Å². The quantitative estimate of drug-likeness (QED) is 0.581. The Bertz CT molecular complexity index is 788. The van der Waals surface area contributed by atoms with E-state index in [9.17, 15) is 0 Å². The van der Waals surface area contributed by atoms with Crippen LogP contribution in [0.5, 0.6) is 0 Å². The lowest BCUT2D eigenvalue weighted by molar-refractivity contribution is 0.325. The van der Waals surface area contributed by atoms with E-state index in [1.165, 1.54) is 25.1 Å². The fourth-order valence-electron chi connectivity index (χ4n) is 4.36. The van der Waals surface area contributed by atoms with Crippen molar-refractivity contribution in [1.82, 2.24) is 25.1 Å². The van der Waals surface area contributed by atoms with Gasteiger partial charge in [0.2, 0.25) is 5.95 Å². The zero-order valence-corrected chi connectivity index (χ0v) is 18.0. The monoisotopic (exact) mass is 407 g/mol. The van der Waals surface area contributed by atoms with Gasteiger partial charge >= 0.3 is 0 Å². The van der Waals surface area contributed by atoms with Crippen molar-refractivity contribution in [2.45, 2.75) is 12.8 Å². The van der Waals surface area contributed by atoms with Crippen LogP contribution in [0, 0.1) is 5.92 Å². The summed E-state index contributed by atoms with van der Waals surface area (Å²) in [4.78, 5) is 20.5. The van der Waals surface area contributed by atoms with Crippen LogP contribution in [0.1, 0.15) is 12.0 Å². The van der Waals surface area contributed by atoms with Crippen molar-refractivity contribution < 1.29 is 0 Å². The summed E-state index contributed by atoms with van der Waals surface area (Å²) < 4.78 is 0. The fraction of sp³-hybridized carbons (Fsp3) is 0.522. The van der Waals surface area contributed by atoms with Gasteiger partial charge in [0.25, 0.3) is 0 Å². The highest BCUT2D eigenvalue weighted by atomic mass is 15.4. The lowest BCUT2D eigenvalue weighted by Crippen LogP contribution is -2.53. The summed E-state index contributed by atoms with van der Waals surface area (Å²) in [5.74, 6) is 2.53. The predicted octanol–water partition coefficient (Wildman–Crippen LogP) is 1.74. The lowest BCUT2D eigenvalue weighted by atomic mass is 10.1. The number of nitrogens with one attached hydrogen (secondary N) is 1. The minimum absolute atomic E-state index is 0.691. The van der Waals surface area contributed by atoms with Crippen LogP contribution in [0.3, 0.4) is 0 Å². The van der Waals surface area contributed by atoms with Crippen molar-refractivity contribution in [2.75, 3.05) is 64.3 Å². The summed E-state index contributed by atoms with van der Waals surface area (Å²) >= 11 is 0. The van der Waals surface area contributed by atoms with Crippen molar-refractivity contribution in [3.8, 4) is 0 Å². The molecule has 3 heterocycles. The second-order valence-electron chi connectivity index (χ2n) is 8.14. The molecule has 0 bridgehead atoms. The molecule has 0 radical (unpaired) electrons. The standard InChI is InChI=1S/C23H33N7/c1-24-22(29-14-16-30(17-15-29)23-25-10-5-11-26-23)27-18-21-9-13-28(19-21)12-8-20-6-3-2-4-7-20/h2-7,10-11,21H,8-9,12-19H2,1H3,(H,24,27). The van der Waals surface area contributed by atoms with E-state index in [1.54, 1.807) is 12.4 Å². The molecule has 2 saturated heterocycles. The summed E-state index contributed by atoms with van der Waals surface area (Å²) in [6.07, 6.45) is 6.01. The van der Waals surface area contributed by atoms with Gasteiger partial charge in [0.05, 0.1) is 0 Å². The van der Waals surface area contributed by atoms with Gasteiger partial charge in [-0.05, 0) is 36.9 Å². The molecule has 1 aromatic heterocycles. The second kappa shape index (κ2) is 10.4. The van der Waals surface area contributed by atoms with Crippen LogP contribution in [0.25, 0.3) is 0 Å². The highest BCUT2D eigenvalue weighted by Crippen LogP contribution is 2.16. The van der Waals surface area contributed by atoms with Gasteiger partial charge in [-0.25, -0.2) is 9.97 Å². The first-order valence-corrected chi connectivity index (χ1v) is 11.1. The molecular weight excluding hydrogens is 374 g/mol. The van der Waals surface area contributed by atoms with Gasteiger partial charge in [-0.15, -0.1) is 0 Å². The second-order valence-corrected chi connectivity index (χ2v) is 8.14. The van der Waals surface area contributed by atoms with Crippen molar-refractivity contribution in [1.29, 1.82) is 0 Å². The Morgan fingerprint density at radius 1 is 1.03 bits per heavy atom. The fourth-order valence-corrected chi connectivity index (χ4v) is 4.36. The number of rotatable bonds is 6. The number of nitrogens with zero attached hydrogens (tertiary/aromatic N) is 6. The molecule has 160 valence electrons. The molecule has 7 nitrogen and oxygen atoms in total. The Balaban J connectivity index is 1.18. The predicted molar refractivity (Wildman–Crippen MR) is 122 cm³/mol. The molecule has 1 unspecified atom stereocenters. The summed E-state index contributed by atoms with van der Waals surface area (Å²) in [5, 5.41) is 3.63. The third-order valence-corrected chi connectivity index (χ3v) is 6.10. The summed E-state index contributed by atoms with van der Waals surface area (Å²) in [5.41, 5.74) is 1.43. The Morgan fingerprint density at radius 2 is 1.80 bits per heavy atom. The Kier molecular flexibility index (Phi) is 7.13. The number of benzene rings is 1. The normalized spacial score (nSPS) is 20.6. The molecule has 2 aromatic rings. The number of likely N-dealkylation sites (tertiary alicyclic amines) is 1. The van der Waals surface area contributed by atoms with Crippen LogP contribution in [0.2, 0.25) is 0 Å². The van der Waals surface area contributed by atoms with Gasteiger partial charge in [0, 0.05) is 65.3 Å². The largest absolute Gasteiger partial charge is 0.356 e. The van der Waals surface area contributed by atoms with Crippen molar-refractivity contribution in [3.05, 3.63) is 54.4 Å². The molecule has 2 aliphatic rings. The van der Waals surface area contributed by atoms with Crippen molar-refractivity contribution in [3.63, 3.8) is 0 Å². The van der Waals surface area contributed by atoms with Gasteiger partial charge in [-0.2, -0.15) is 0 Å². The maximum atomic E-state index is 4.53. The molecule has 0 spiro atoms.